The van der Waals surface area contributed by atoms with Crippen LogP contribution < -0.4 is 4.72 Å². The molecule has 122 valence electrons. The highest BCUT2D eigenvalue weighted by molar-refractivity contribution is 9.10. The molecule has 0 radical (unpaired) electrons. The van der Waals surface area contributed by atoms with Gasteiger partial charge in [-0.2, -0.15) is 5.26 Å². The van der Waals surface area contributed by atoms with Crippen LogP contribution in [0.3, 0.4) is 0 Å². The number of halogens is 1. The fourth-order valence-electron chi connectivity index (χ4n) is 2.62. The summed E-state index contributed by atoms with van der Waals surface area (Å²) in [6.07, 6.45) is 0.930. The average molecular weight is 399 g/mol. The third-order valence-corrected chi connectivity index (χ3v) is 5.95. The van der Waals surface area contributed by atoms with Crippen LogP contribution in [0.15, 0.2) is 27.6 Å². The highest BCUT2D eigenvalue weighted by Crippen LogP contribution is 2.28. The molecular weight excluding hydrogens is 384 g/mol. The second-order valence-corrected chi connectivity index (χ2v) is 8.13. The number of Topliss-reactive ketones (excluding diaryl/α,β-unsaturated/α-hetero) is 1. The van der Waals surface area contributed by atoms with E-state index in [-0.39, 0.29) is 28.6 Å². The summed E-state index contributed by atoms with van der Waals surface area (Å²) in [6.45, 7) is 1.77. The van der Waals surface area contributed by atoms with Crippen LogP contribution in [0.5, 0.6) is 0 Å². The number of nitrogens with one attached hydrogen (secondary N) is 1. The maximum absolute atomic E-state index is 12.3. The Bertz CT molecular complexity index is 798. The van der Waals surface area contributed by atoms with Gasteiger partial charge in [0.05, 0.1) is 10.5 Å². The van der Waals surface area contributed by atoms with E-state index in [1.165, 1.54) is 18.2 Å². The Labute approximate surface area is 143 Å². The van der Waals surface area contributed by atoms with E-state index in [1.807, 2.05) is 6.07 Å². The second kappa shape index (κ2) is 6.81. The van der Waals surface area contributed by atoms with Crippen LogP contribution in [0.25, 0.3) is 0 Å². The van der Waals surface area contributed by atoms with Crippen LogP contribution in [0.2, 0.25) is 0 Å². The molecule has 0 spiro atoms. The first kappa shape index (κ1) is 17.6. The second-order valence-electron chi connectivity index (χ2n) is 5.59. The number of benzene rings is 1. The summed E-state index contributed by atoms with van der Waals surface area (Å²) in [4.78, 5) is 23.5. The van der Waals surface area contributed by atoms with E-state index in [2.05, 4.69) is 20.7 Å². The Balaban J connectivity index is 2.20. The summed E-state index contributed by atoms with van der Waals surface area (Å²) in [5, 5.41) is 8.96. The highest BCUT2D eigenvalue weighted by atomic mass is 79.9. The first-order valence-corrected chi connectivity index (χ1v) is 9.30. The van der Waals surface area contributed by atoms with Gasteiger partial charge in [-0.1, -0.05) is 6.92 Å². The lowest BCUT2D eigenvalue weighted by molar-refractivity contribution is -0.129. The van der Waals surface area contributed by atoms with Gasteiger partial charge in [0.1, 0.15) is 11.9 Å². The molecule has 2 atom stereocenters. The van der Waals surface area contributed by atoms with Crippen molar-refractivity contribution in [2.45, 2.75) is 31.1 Å². The molecule has 1 aromatic carbocycles. The van der Waals surface area contributed by atoms with E-state index >= 15 is 0 Å². The van der Waals surface area contributed by atoms with Crippen molar-refractivity contribution in [2.24, 2.45) is 11.8 Å². The van der Waals surface area contributed by atoms with Crippen molar-refractivity contribution in [1.29, 1.82) is 5.26 Å². The number of ketones is 1. The van der Waals surface area contributed by atoms with Gasteiger partial charge in [0.25, 0.3) is 10.0 Å². The summed E-state index contributed by atoms with van der Waals surface area (Å²) in [5.74, 6) is -1.21. The quantitative estimate of drug-likeness (QED) is 0.839. The number of hydrogen-bond acceptors (Lipinski definition) is 5. The van der Waals surface area contributed by atoms with E-state index in [9.17, 15) is 18.0 Å². The number of carbonyl (C=O) groups excluding carboxylic acids is 2. The lowest BCUT2D eigenvalue weighted by Crippen LogP contribution is -2.40. The minimum Gasteiger partial charge on any atom is -0.300 e. The molecule has 1 aromatic rings. The number of hydrogen-bond donors (Lipinski definition) is 1. The largest absolute Gasteiger partial charge is 0.300 e. The van der Waals surface area contributed by atoms with Crippen molar-refractivity contribution in [2.75, 3.05) is 0 Å². The van der Waals surface area contributed by atoms with Gasteiger partial charge in [-0.05, 0) is 46.5 Å². The molecule has 1 amide bonds. The summed E-state index contributed by atoms with van der Waals surface area (Å²) in [5.41, 5.74) is 0.164. The van der Waals surface area contributed by atoms with Crippen molar-refractivity contribution in [3.8, 4) is 6.07 Å². The van der Waals surface area contributed by atoms with Crippen LogP contribution in [0, 0.1) is 23.2 Å². The molecule has 23 heavy (non-hydrogen) atoms. The molecule has 1 fully saturated rings. The third-order valence-electron chi connectivity index (χ3n) is 3.91. The maximum atomic E-state index is 12.3. The Kier molecular flexibility index (Phi) is 5.22. The predicted molar refractivity (Wildman–Crippen MR) is 85.7 cm³/mol. The zero-order valence-electron chi connectivity index (χ0n) is 12.4. The van der Waals surface area contributed by atoms with Gasteiger partial charge in [-0.3, -0.25) is 9.59 Å². The minimum absolute atomic E-state index is 0.0935. The van der Waals surface area contributed by atoms with Crippen molar-refractivity contribution < 1.29 is 18.0 Å². The van der Waals surface area contributed by atoms with Crippen molar-refractivity contribution in [3.05, 3.63) is 28.2 Å². The van der Waals surface area contributed by atoms with E-state index < -0.39 is 21.8 Å². The average Bonchev–Trinajstić information content (AvgIpc) is 2.46. The Hall–Kier alpha value is -1.72. The van der Waals surface area contributed by atoms with Crippen molar-refractivity contribution in [1.82, 2.24) is 4.72 Å². The normalized spacial score (nSPS) is 21.5. The molecule has 1 aliphatic carbocycles. The molecule has 0 saturated heterocycles. The maximum Gasteiger partial charge on any atom is 0.264 e. The first-order valence-electron chi connectivity index (χ1n) is 7.02. The van der Waals surface area contributed by atoms with Crippen LogP contribution in [-0.4, -0.2) is 20.1 Å². The number of sulfonamides is 1. The first-order chi connectivity index (χ1) is 10.7. The monoisotopic (exact) mass is 398 g/mol. The van der Waals surface area contributed by atoms with Crippen LogP contribution >= 0.6 is 15.9 Å². The zero-order valence-corrected chi connectivity index (χ0v) is 14.8. The van der Waals surface area contributed by atoms with E-state index in [0.29, 0.717) is 17.3 Å². The van der Waals surface area contributed by atoms with Crippen molar-refractivity contribution in [3.63, 3.8) is 0 Å². The Morgan fingerprint density at radius 1 is 1.43 bits per heavy atom. The van der Waals surface area contributed by atoms with E-state index in [0.717, 1.165) is 0 Å². The van der Waals surface area contributed by atoms with Gasteiger partial charge in [-0.15, -0.1) is 0 Å². The van der Waals surface area contributed by atoms with Crippen molar-refractivity contribution >= 4 is 37.6 Å². The number of rotatable bonds is 3. The summed E-state index contributed by atoms with van der Waals surface area (Å²) < 4.78 is 27.2. The van der Waals surface area contributed by atoms with Crippen LogP contribution in [0.1, 0.15) is 31.7 Å². The molecule has 1 saturated carbocycles. The molecule has 1 N–H and O–H groups in total. The highest BCUT2D eigenvalue weighted by Gasteiger charge is 2.33. The molecular formula is C15H15BrN2O4S. The molecule has 0 aliphatic heterocycles. The van der Waals surface area contributed by atoms with Gasteiger partial charge in [0.2, 0.25) is 5.91 Å². The number of carbonyl (C=O) groups is 2. The van der Waals surface area contributed by atoms with Gasteiger partial charge < -0.3 is 0 Å². The lowest BCUT2D eigenvalue weighted by Gasteiger charge is -2.26. The molecule has 0 aromatic heterocycles. The van der Waals surface area contributed by atoms with Crippen LogP contribution in [-0.2, 0) is 19.6 Å². The standard InChI is InChI=1S/C15H15BrN2O4S/c1-9-6-11(19)2-4-13(9)15(20)18-23(21,22)12-3-5-14(16)10(7-12)8-17/h3,5,7,9,13H,2,4,6H2,1H3,(H,18,20). The van der Waals surface area contributed by atoms with Crippen LogP contribution in [0.4, 0.5) is 0 Å². The Morgan fingerprint density at radius 2 is 2.13 bits per heavy atom. The zero-order chi connectivity index (χ0) is 17.2. The molecule has 8 heteroatoms. The fraction of sp³-hybridized carbons (Fsp3) is 0.400. The third kappa shape index (κ3) is 3.98. The molecule has 0 heterocycles. The van der Waals surface area contributed by atoms with Gasteiger partial charge in [0, 0.05) is 23.2 Å². The number of nitrogens with zero attached hydrogens (tertiary/aromatic N) is 1. The molecule has 0 bridgehead atoms. The molecule has 1 aliphatic rings. The van der Waals surface area contributed by atoms with E-state index in [1.54, 1.807) is 6.92 Å². The summed E-state index contributed by atoms with van der Waals surface area (Å²) >= 11 is 3.15. The topological polar surface area (TPSA) is 104 Å². The summed E-state index contributed by atoms with van der Waals surface area (Å²) in [7, 11) is -4.05. The SMILES string of the molecule is CC1CC(=O)CCC1C(=O)NS(=O)(=O)c1ccc(Br)c(C#N)c1. The van der Waals surface area contributed by atoms with Gasteiger partial charge >= 0.3 is 0 Å². The van der Waals surface area contributed by atoms with Gasteiger partial charge in [-0.25, -0.2) is 13.1 Å². The number of amides is 1. The minimum atomic E-state index is -4.05. The predicted octanol–water partition coefficient (Wildman–Crippen LogP) is 2.13. The lowest BCUT2D eigenvalue weighted by atomic mass is 9.79. The molecule has 2 unspecified atom stereocenters. The fourth-order valence-corrected chi connectivity index (χ4v) is 4.01. The smallest absolute Gasteiger partial charge is 0.264 e. The number of nitriles is 1. The van der Waals surface area contributed by atoms with Gasteiger partial charge in [0.15, 0.2) is 0 Å². The molecule has 2 rings (SSSR count). The molecule has 6 nitrogen and oxygen atoms in total. The Morgan fingerprint density at radius 3 is 2.74 bits per heavy atom. The summed E-state index contributed by atoms with van der Waals surface area (Å²) in [6, 6.07) is 5.83. The van der Waals surface area contributed by atoms with E-state index in [4.69, 9.17) is 5.26 Å².